The summed E-state index contributed by atoms with van der Waals surface area (Å²) >= 11 is 0. The van der Waals surface area contributed by atoms with Gasteiger partial charge in [0, 0.05) is 36.3 Å². The van der Waals surface area contributed by atoms with Gasteiger partial charge in [-0.25, -0.2) is 12.8 Å². The highest BCUT2D eigenvalue weighted by Crippen LogP contribution is 2.30. The molecule has 5 rings (SSSR count). The number of para-hydroxylation sites is 1. The molecule has 4 aromatic rings. The fraction of sp³-hybridized carbons (Fsp3) is 0.192. The number of sulfonamides is 1. The lowest BCUT2D eigenvalue weighted by Crippen LogP contribution is -2.45. The van der Waals surface area contributed by atoms with Gasteiger partial charge in [-0.2, -0.15) is 9.57 Å². The number of rotatable bonds is 6. The summed E-state index contributed by atoms with van der Waals surface area (Å²) in [7, 11) is -3.99. The molecular weight excluding hydrogens is 483 g/mol. The molecule has 10 heteroatoms. The van der Waals surface area contributed by atoms with Gasteiger partial charge in [-0.3, -0.25) is 9.78 Å². The van der Waals surface area contributed by atoms with Crippen LogP contribution in [-0.4, -0.2) is 36.2 Å². The number of aromatic nitrogens is 1. The molecule has 3 heterocycles. The zero-order valence-electron chi connectivity index (χ0n) is 19.0. The van der Waals surface area contributed by atoms with Crippen LogP contribution in [0.25, 0.3) is 22.2 Å². The topological polar surface area (TPSA) is 116 Å². The molecule has 1 saturated heterocycles. The van der Waals surface area contributed by atoms with E-state index in [1.54, 1.807) is 54.7 Å². The van der Waals surface area contributed by atoms with Crippen molar-refractivity contribution in [2.24, 2.45) is 0 Å². The summed E-state index contributed by atoms with van der Waals surface area (Å²) < 4.78 is 47.3. The molecule has 2 aromatic heterocycles. The Labute approximate surface area is 207 Å². The van der Waals surface area contributed by atoms with Crippen LogP contribution in [0.3, 0.4) is 0 Å². The molecule has 8 nitrogen and oxygen atoms in total. The van der Waals surface area contributed by atoms with Crippen molar-refractivity contribution in [2.45, 2.75) is 30.5 Å². The van der Waals surface area contributed by atoms with Crippen LogP contribution in [0.1, 0.15) is 24.0 Å². The number of nitriles is 1. The number of halogens is 1. The monoisotopic (exact) mass is 504 g/mol. The van der Waals surface area contributed by atoms with E-state index in [0.29, 0.717) is 40.6 Å². The van der Waals surface area contributed by atoms with E-state index >= 15 is 0 Å². The average Bonchev–Trinajstić information content (AvgIpc) is 3.56. The lowest BCUT2D eigenvalue weighted by molar-refractivity contribution is -0.124. The minimum Gasteiger partial charge on any atom is -0.443 e. The first-order chi connectivity index (χ1) is 17.4. The molecule has 1 aliphatic heterocycles. The molecule has 36 heavy (non-hydrogen) atoms. The van der Waals surface area contributed by atoms with Gasteiger partial charge in [0.25, 0.3) is 10.0 Å². The largest absolute Gasteiger partial charge is 0.443 e. The lowest BCUT2D eigenvalue weighted by atomic mass is 10.1. The van der Waals surface area contributed by atoms with Gasteiger partial charge >= 0.3 is 0 Å². The lowest BCUT2D eigenvalue weighted by Gasteiger charge is -2.22. The zero-order chi connectivity index (χ0) is 25.3. The van der Waals surface area contributed by atoms with Gasteiger partial charge in [0.05, 0.1) is 11.3 Å². The van der Waals surface area contributed by atoms with E-state index in [1.165, 1.54) is 22.5 Å². The minimum atomic E-state index is -3.99. The first-order valence-corrected chi connectivity index (χ1v) is 12.7. The Balaban J connectivity index is 1.30. The number of nitrogens with zero attached hydrogens (tertiary/aromatic N) is 3. The van der Waals surface area contributed by atoms with Crippen LogP contribution < -0.4 is 5.32 Å². The predicted octanol–water partition coefficient (Wildman–Crippen LogP) is 3.98. The molecule has 0 aliphatic carbocycles. The van der Waals surface area contributed by atoms with E-state index in [-0.39, 0.29) is 23.7 Å². The zero-order valence-corrected chi connectivity index (χ0v) is 19.8. The van der Waals surface area contributed by atoms with Crippen LogP contribution in [0, 0.1) is 17.1 Å². The highest BCUT2D eigenvalue weighted by atomic mass is 32.2. The van der Waals surface area contributed by atoms with E-state index in [0.717, 1.165) is 0 Å². The number of nitrogens with one attached hydrogen (secondary N) is 1. The van der Waals surface area contributed by atoms with E-state index in [1.807, 2.05) is 0 Å². The fourth-order valence-corrected chi connectivity index (χ4v) is 5.91. The smallest absolute Gasteiger partial charge is 0.277 e. The molecule has 1 atom stereocenters. The van der Waals surface area contributed by atoms with Gasteiger partial charge in [0.15, 0.2) is 0 Å². The van der Waals surface area contributed by atoms with Crippen molar-refractivity contribution >= 4 is 26.9 Å². The number of fused-ring (bicyclic) bond motifs is 1. The van der Waals surface area contributed by atoms with E-state index < -0.39 is 27.8 Å². The van der Waals surface area contributed by atoms with Crippen molar-refractivity contribution < 1.29 is 22.0 Å². The van der Waals surface area contributed by atoms with Gasteiger partial charge in [-0.05, 0) is 48.7 Å². The van der Waals surface area contributed by atoms with E-state index in [4.69, 9.17) is 9.68 Å². The Morgan fingerprint density at radius 2 is 2.03 bits per heavy atom. The standard InChI is InChI=1S/C26H21FN4O4S/c27-21-13-18(7-8-20(21)15-28)22-12-17(9-10-29-22)16-30-26(32)23-5-3-11-31(23)36(33,34)25-14-19-4-1-2-6-24(19)35-25/h1-2,4,6-10,12-14,23H,3,5,11,16H2,(H,30,32)/t23-/m0/s1. The summed E-state index contributed by atoms with van der Waals surface area (Å²) in [5, 5.41) is 12.2. The highest BCUT2D eigenvalue weighted by molar-refractivity contribution is 7.89. The maximum absolute atomic E-state index is 14.0. The third-order valence-electron chi connectivity index (χ3n) is 6.15. The Kier molecular flexibility index (Phi) is 6.26. The third kappa shape index (κ3) is 4.46. The first-order valence-electron chi connectivity index (χ1n) is 11.3. The minimum absolute atomic E-state index is 0.0547. The third-order valence-corrected chi connectivity index (χ3v) is 7.91. The summed E-state index contributed by atoms with van der Waals surface area (Å²) in [6, 6.07) is 17.1. The Hall–Kier alpha value is -4.07. The average molecular weight is 505 g/mol. The van der Waals surface area contributed by atoms with Crippen molar-refractivity contribution in [3.8, 4) is 17.3 Å². The van der Waals surface area contributed by atoms with E-state index in [9.17, 15) is 17.6 Å². The summed E-state index contributed by atoms with van der Waals surface area (Å²) in [6.07, 6.45) is 2.50. The summed E-state index contributed by atoms with van der Waals surface area (Å²) in [4.78, 5) is 17.3. The second-order valence-corrected chi connectivity index (χ2v) is 10.3. The quantitative estimate of drug-likeness (QED) is 0.425. The fourth-order valence-electron chi connectivity index (χ4n) is 4.30. The van der Waals surface area contributed by atoms with Crippen molar-refractivity contribution in [3.05, 3.63) is 83.8 Å². The molecule has 0 saturated carbocycles. The van der Waals surface area contributed by atoms with Crippen LogP contribution >= 0.6 is 0 Å². The van der Waals surface area contributed by atoms with Crippen LogP contribution in [0.15, 0.2) is 76.4 Å². The van der Waals surface area contributed by atoms with Gasteiger partial charge in [0.1, 0.15) is 23.5 Å². The van der Waals surface area contributed by atoms with Crippen molar-refractivity contribution in [1.29, 1.82) is 5.26 Å². The molecule has 0 spiro atoms. The summed E-state index contributed by atoms with van der Waals surface area (Å²) in [5.41, 5.74) is 2.11. The summed E-state index contributed by atoms with van der Waals surface area (Å²) in [6.45, 7) is 0.364. The number of carbonyl (C=O) groups is 1. The number of benzene rings is 2. The molecule has 2 aromatic carbocycles. The van der Waals surface area contributed by atoms with Gasteiger partial charge in [-0.15, -0.1) is 0 Å². The van der Waals surface area contributed by atoms with Crippen molar-refractivity contribution in [2.75, 3.05) is 6.54 Å². The number of carbonyl (C=O) groups excluding carboxylic acids is 1. The normalized spacial score (nSPS) is 16.2. The number of hydrogen-bond acceptors (Lipinski definition) is 6. The maximum atomic E-state index is 14.0. The van der Waals surface area contributed by atoms with Gasteiger partial charge < -0.3 is 9.73 Å². The molecule has 1 aliphatic rings. The summed E-state index contributed by atoms with van der Waals surface area (Å²) in [5.74, 6) is -1.04. The molecule has 1 fully saturated rings. The predicted molar refractivity (Wildman–Crippen MR) is 129 cm³/mol. The molecule has 1 N–H and O–H groups in total. The number of furan rings is 1. The molecule has 0 radical (unpaired) electrons. The Morgan fingerprint density at radius 3 is 2.81 bits per heavy atom. The number of hydrogen-bond donors (Lipinski definition) is 1. The molecule has 0 unspecified atom stereocenters. The van der Waals surface area contributed by atoms with Crippen molar-refractivity contribution in [1.82, 2.24) is 14.6 Å². The van der Waals surface area contributed by atoms with E-state index in [2.05, 4.69) is 10.3 Å². The highest BCUT2D eigenvalue weighted by Gasteiger charge is 2.41. The number of pyridine rings is 1. The Bertz CT molecular complexity index is 1580. The van der Waals surface area contributed by atoms with Crippen LogP contribution in [0.5, 0.6) is 0 Å². The molecule has 1 amide bonds. The van der Waals surface area contributed by atoms with Crippen LogP contribution in [-0.2, 0) is 21.4 Å². The van der Waals surface area contributed by atoms with Gasteiger partial charge in [-0.1, -0.05) is 24.3 Å². The molecular formula is C26H21FN4O4S. The second-order valence-electron chi connectivity index (χ2n) is 8.45. The second kappa shape index (κ2) is 9.53. The molecule has 182 valence electrons. The SMILES string of the molecule is N#Cc1ccc(-c2cc(CNC(=O)[C@@H]3CCCN3S(=O)(=O)c3cc4ccccc4o3)ccn2)cc1F. The first kappa shape index (κ1) is 23.7. The van der Waals surface area contributed by atoms with Crippen molar-refractivity contribution in [3.63, 3.8) is 0 Å². The van der Waals surface area contributed by atoms with Crippen LogP contribution in [0.2, 0.25) is 0 Å². The van der Waals surface area contributed by atoms with Gasteiger partial charge in [0.2, 0.25) is 11.0 Å². The van der Waals surface area contributed by atoms with Crippen LogP contribution in [0.4, 0.5) is 4.39 Å². The Morgan fingerprint density at radius 1 is 1.19 bits per heavy atom. The maximum Gasteiger partial charge on any atom is 0.277 e. The number of amides is 1. The molecule has 0 bridgehead atoms.